The molecule has 0 bridgehead atoms. The zero-order valence-corrected chi connectivity index (χ0v) is 33.0. The zero-order valence-electron chi connectivity index (χ0n) is 30.7. The van der Waals surface area contributed by atoms with Crippen molar-refractivity contribution in [2.45, 2.75) is 20.8 Å². The SMILES string of the molecule is Cc1cc(C)c(-c2c(-c3[c-]c(Oc4[c-]c(N5[CH-]N(c6ccccc6)c6ccccc65)ccc4)ccc3)nn(-c3ccccc3)c2-c2ccccc2)c(C)c1.[Pt]. The molecule has 0 unspecified atom stereocenters. The third-order valence-corrected chi connectivity index (χ3v) is 9.78. The first kappa shape index (κ1) is 35.8. The molecule has 8 aromatic rings. The molecule has 0 N–H and O–H groups in total. The van der Waals surface area contributed by atoms with Gasteiger partial charge < -0.3 is 14.5 Å². The predicted molar refractivity (Wildman–Crippen MR) is 220 cm³/mol. The second-order valence-corrected chi connectivity index (χ2v) is 13.6. The fraction of sp³-hybridized carbons (Fsp3) is 0.0612. The van der Waals surface area contributed by atoms with Gasteiger partial charge in [0.1, 0.15) is 0 Å². The minimum absolute atomic E-state index is 0. The molecule has 1 aliphatic rings. The van der Waals surface area contributed by atoms with Gasteiger partial charge in [0.25, 0.3) is 0 Å². The molecule has 0 radical (unpaired) electrons. The summed E-state index contributed by atoms with van der Waals surface area (Å²) >= 11 is 0. The van der Waals surface area contributed by atoms with Crippen LogP contribution in [0.5, 0.6) is 11.5 Å². The maximum atomic E-state index is 6.56. The topological polar surface area (TPSA) is 33.5 Å². The number of para-hydroxylation sites is 4. The van der Waals surface area contributed by atoms with Gasteiger partial charge in [-0.1, -0.05) is 103 Å². The molecule has 55 heavy (non-hydrogen) atoms. The molecule has 0 fully saturated rings. The van der Waals surface area contributed by atoms with Crippen molar-refractivity contribution in [3.05, 3.63) is 199 Å². The number of fused-ring (bicyclic) bond motifs is 1. The van der Waals surface area contributed by atoms with E-state index in [0.717, 1.165) is 56.5 Å². The number of hydrogen-bond acceptors (Lipinski definition) is 4. The summed E-state index contributed by atoms with van der Waals surface area (Å²) in [7, 11) is 0. The Morgan fingerprint density at radius 2 is 1.11 bits per heavy atom. The number of nitrogens with zero attached hydrogens (tertiary/aromatic N) is 4. The van der Waals surface area contributed by atoms with Crippen LogP contribution in [0.25, 0.3) is 39.3 Å². The molecular weight excluding hydrogens is 856 g/mol. The summed E-state index contributed by atoms with van der Waals surface area (Å²) in [6, 6.07) is 63.3. The van der Waals surface area contributed by atoms with Crippen LogP contribution in [0.15, 0.2) is 164 Å². The Bertz CT molecular complexity index is 2580. The van der Waals surface area contributed by atoms with E-state index < -0.39 is 0 Å². The number of anilines is 4. The fourth-order valence-corrected chi connectivity index (χ4v) is 7.53. The summed E-state index contributed by atoms with van der Waals surface area (Å²) in [5, 5.41) is 5.38. The van der Waals surface area contributed by atoms with Gasteiger partial charge in [0.05, 0.1) is 11.4 Å². The molecule has 1 aromatic heterocycles. The zero-order chi connectivity index (χ0) is 36.6. The van der Waals surface area contributed by atoms with Crippen molar-refractivity contribution in [3.63, 3.8) is 0 Å². The van der Waals surface area contributed by atoms with E-state index in [4.69, 9.17) is 9.84 Å². The average Bonchev–Trinajstić information content (AvgIpc) is 3.79. The Balaban J connectivity index is 0.00000427. The third kappa shape index (κ3) is 6.88. The summed E-state index contributed by atoms with van der Waals surface area (Å²) < 4.78 is 8.63. The van der Waals surface area contributed by atoms with Crippen LogP contribution in [0.4, 0.5) is 22.7 Å². The smallest absolute Gasteiger partial charge is 0.0724 e. The van der Waals surface area contributed by atoms with Crippen molar-refractivity contribution in [2.75, 3.05) is 9.80 Å². The van der Waals surface area contributed by atoms with E-state index in [2.05, 4.69) is 181 Å². The Morgan fingerprint density at radius 3 is 1.78 bits per heavy atom. The van der Waals surface area contributed by atoms with E-state index in [0.29, 0.717) is 11.5 Å². The number of rotatable bonds is 8. The van der Waals surface area contributed by atoms with Crippen molar-refractivity contribution in [3.8, 4) is 50.8 Å². The van der Waals surface area contributed by atoms with Gasteiger partial charge in [-0.2, -0.15) is 6.07 Å². The van der Waals surface area contributed by atoms with Crippen LogP contribution in [0.3, 0.4) is 0 Å². The molecule has 1 aliphatic heterocycles. The summed E-state index contributed by atoms with van der Waals surface area (Å²) in [6.45, 7) is 8.63. The van der Waals surface area contributed by atoms with Crippen molar-refractivity contribution >= 4 is 22.7 Å². The first-order chi connectivity index (χ1) is 26.5. The summed E-state index contributed by atoms with van der Waals surface area (Å²) in [5.74, 6) is 1.17. The van der Waals surface area contributed by atoms with Gasteiger partial charge in [0.15, 0.2) is 0 Å². The molecule has 0 atom stereocenters. The first-order valence-electron chi connectivity index (χ1n) is 18.1. The van der Waals surface area contributed by atoms with Gasteiger partial charge in [-0.05, 0) is 79.4 Å². The van der Waals surface area contributed by atoms with E-state index in [-0.39, 0.29) is 21.1 Å². The van der Waals surface area contributed by atoms with Crippen LogP contribution >= 0.6 is 0 Å². The summed E-state index contributed by atoms with van der Waals surface area (Å²) in [4.78, 5) is 4.34. The van der Waals surface area contributed by atoms with Crippen LogP contribution in [-0.2, 0) is 21.1 Å². The maximum Gasteiger partial charge on any atom is 0.0724 e. The van der Waals surface area contributed by atoms with Crippen LogP contribution < -0.4 is 14.5 Å². The molecule has 2 heterocycles. The normalized spacial score (nSPS) is 12.0. The van der Waals surface area contributed by atoms with Gasteiger partial charge in [0, 0.05) is 60.9 Å². The van der Waals surface area contributed by atoms with Gasteiger partial charge in [-0.25, -0.2) is 9.78 Å². The number of benzene rings is 7. The van der Waals surface area contributed by atoms with E-state index in [1.165, 1.54) is 22.3 Å². The Hall–Kier alpha value is -6.16. The van der Waals surface area contributed by atoms with Crippen LogP contribution in [-0.4, -0.2) is 9.78 Å². The molecule has 0 amide bonds. The van der Waals surface area contributed by atoms with E-state index >= 15 is 0 Å². The van der Waals surface area contributed by atoms with Crippen molar-refractivity contribution < 1.29 is 25.8 Å². The van der Waals surface area contributed by atoms with Gasteiger partial charge in [-0.15, -0.1) is 54.3 Å². The number of hydrogen-bond donors (Lipinski definition) is 0. The molecule has 0 aliphatic carbocycles. The minimum atomic E-state index is 0. The number of aryl methyl sites for hydroxylation is 3. The monoisotopic (exact) mass is 892 g/mol. The molecular formula is C49H37N4OPt-3. The number of aromatic nitrogens is 2. The van der Waals surface area contributed by atoms with E-state index in [9.17, 15) is 0 Å². The van der Waals surface area contributed by atoms with E-state index in [1.807, 2.05) is 36.4 Å². The van der Waals surface area contributed by atoms with Crippen molar-refractivity contribution in [1.29, 1.82) is 0 Å². The standard InChI is InChI=1S/C49H37N4O.Pt/c1-34-29-35(2)46(36(3)30-34)47-48(50-53(40-22-11-6-12-23-40)49(47)37-17-7-4-8-18-37)38-19-15-25-42(31-38)54-43-26-16-24-41(32-43)52-33-51(39-20-9-5-10-21-39)44-27-13-14-28-45(44)52;/h4-30,33H,1-3H3;/q-3;. The molecule has 5 nitrogen and oxygen atoms in total. The molecule has 9 rings (SSSR count). The van der Waals surface area contributed by atoms with Crippen LogP contribution in [0, 0.1) is 39.6 Å². The van der Waals surface area contributed by atoms with Crippen molar-refractivity contribution in [1.82, 2.24) is 9.78 Å². The van der Waals surface area contributed by atoms with E-state index in [1.54, 1.807) is 0 Å². The minimum Gasteiger partial charge on any atom is -0.503 e. The first-order valence-corrected chi connectivity index (χ1v) is 18.1. The Labute approximate surface area is 337 Å². The largest absolute Gasteiger partial charge is 0.503 e. The third-order valence-electron chi connectivity index (χ3n) is 9.78. The Kier molecular flexibility index (Phi) is 9.97. The van der Waals surface area contributed by atoms with Gasteiger partial charge in [0.2, 0.25) is 0 Å². The van der Waals surface area contributed by atoms with Gasteiger partial charge in [-0.3, -0.25) is 0 Å². The average molecular weight is 893 g/mol. The molecule has 7 aromatic carbocycles. The molecule has 6 heteroatoms. The molecule has 272 valence electrons. The van der Waals surface area contributed by atoms with Crippen LogP contribution in [0.1, 0.15) is 16.7 Å². The fourth-order valence-electron chi connectivity index (χ4n) is 7.53. The second kappa shape index (κ2) is 15.3. The van der Waals surface area contributed by atoms with Crippen molar-refractivity contribution in [2.24, 2.45) is 0 Å². The maximum absolute atomic E-state index is 6.56. The molecule has 0 saturated heterocycles. The van der Waals surface area contributed by atoms with Gasteiger partial charge >= 0.3 is 0 Å². The molecule has 0 spiro atoms. The summed E-state index contributed by atoms with van der Waals surface area (Å²) in [6.07, 6.45) is 0. The number of ether oxygens (including phenoxy) is 1. The molecule has 0 saturated carbocycles. The Morgan fingerprint density at radius 1 is 0.545 bits per heavy atom. The van der Waals surface area contributed by atoms with Crippen LogP contribution in [0.2, 0.25) is 0 Å². The predicted octanol–water partition coefficient (Wildman–Crippen LogP) is 12.6. The second-order valence-electron chi connectivity index (χ2n) is 13.6. The summed E-state index contributed by atoms with van der Waals surface area (Å²) in [5.41, 5.74) is 14.8. The quantitative estimate of drug-likeness (QED) is 0.142.